The highest BCUT2D eigenvalue weighted by atomic mass is 31.2. The normalized spacial score (nSPS) is 11.8. The van der Waals surface area contributed by atoms with E-state index in [1.807, 2.05) is 0 Å². The summed E-state index contributed by atoms with van der Waals surface area (Å²) in [6.07, 6.45) is 0.382. The van der Waals surface area contributed by atoms with Crippen LogP contribution in [0.25, 0.3) is 0 Å². The van der Waals surface area contributed by atoms with Gasteiger partial charge in [0.05, 0.1) is 20.0 Å². The molecule has 0 aliphatic heterocycles. The molecule has 0 fully saturated rings. The lowest BCUT2D eigenvalue weighted by Crippen LogP contribution is -2.35. The summed E-state index contributed by atoms with van der Waals surface area (Å²) in [7, 11) is 0.832. The summed E-state index contributed by atoms with van der Waals surface area (Å²) in [6.45, 7) is 3.41. The van der Waals surface area contributed by atoms with Crippen LogP contribution in [0.3, 0.4) is 0 Å². The minimum Gasteiger partial charge on any atom is -0.323 e. The highest BCUT2D eigenvalue weighted by Crippen LogP contribution is 2.35. The van der Waals surface area contributed by atoms with Crippen LogP contribution in [0, 0.1) is 0 Å². The molecule has 1 amide bonds. The van der Waals surface area contributed by atoms with Crippen molar-refractivity contribution in [1.82, 2.24) is 9.96 Å². The molecular formula is C7H17N2O3P. The van der Waals surface area contributed by atoms with Crippen molar-refractivity contribution >= 4 is 13.0 Å². The number of nitrogens with zero attached hydrogens (tertiary/aromatic N) is 2. The number of hydrogen-bond acceptors (Lipinski definition) is 4. The molecule has 13 heavy (non-hydrogen) atoms. The van der Waals surface area contributed by atoms with Gasteiger partial charge in [-0.15, -0.1) is 0 Å². The quantitative estimate of drug-likeness (QED) is 0.411. The van der Waals surface area contributed by atoms with Gasteiger partial charge in [-0.2, -0.15) is 0 Å². The van der Waals surface area contributed by atoms with Crippen molar-refractivity contribution in [2.24, 2.45) is 0 Å². The van der Waals surface area contributed by atoms with Gasteiger partial charge in [0.25, 0.3) is 5.91 Å². The van der Waals surface area contributed by atoms with E-state index < -0.39 is 13.0 Å². The Morgan fingerprint density at radius 3 is 2.15 bits per heavy atom. The van der Waals surface area contributed by atoms with E-state index in [1.165, 1.54) is 7.05 Å². The van der Waals surface area contributed by atoms with Crippen LogP contribution in [-0.4, -0.2) is 61.3 Å². The number of carbonyl (C=O) groups excluding carboxylic acids is 1. The highest BCUT2D eigenvalue weighted by molar-refractivity contribution is 7.62. The van der Waals surface area contributed by atoms with Crippen molar-refractivity contribution in [3.05, 3.63) is 0 Å². The van der Waals surface area contributed by atoms with E-state index in [9.17, 15) is 9.36 Å². The Bertz CT molecular complexity index is 224. The van der Waals surface area contributed by atoms with Crippen molar-refractivity contribution < 1.29 is 14.6 Å². The fourth-order valence-electron chi connectivity index (χ4n) is 0.965. The molecule has 1 N–H and O–H groups in total. The van der Waals surface area contributed by atoms with Gasteiger partial charge in [-0.05, 0) is 20.4 Å². The van der Waals surface area contributed by atoms with Crippen LogP contribution in [0.15, 0.2) is 0 Å². The maximum Gasteiger partial charge on any atom is 0.259 e. The summed E-state index contributed by atoms with van der Waals surface area (Å²) in [6, 6.07) is 0. The first kappa shape index (κ1) is 12.6. The standard InChI is InChI=1S/C7H17N2O3P/c1-8(6-13(3,4)12)5-7(10)9(2)11/h11H,5-6H2,1-4H3. The first-order valence-corrected chi connectivity index (χ1v) is 6.69. The molecule has 6 heteroatoms. The predicted molar refractivity (Wildman–Crippen MR) is 51.5 cm³/mol. The maximum atomic E-state index is 11.3. The van der Waals surface area contributed by atoms with E-state index in [2.05, 4.69) is 0 Å². The average molecular weight is 208 g/mol. The largest absolute Gasteiger partial charge is 0.323 e. The summed E-state index contributed by atoms with van der Waals surface area (Å²) in [4.78, 5) is 12.6. The Kier molecular flexibility index (Phi) is 4.61. The van der Waals surface area contributed by atoms with Gasteiger partial charge in [0.15, 0.2) is 0 Å². The van der Waals surface area contributed by atoms with E-state index in [-0.39, 0.29) is 6.54 Å². The lowest BCUT2D eigenvalue weighted by Gasteiger charge is -2.19. The molecule has 0 saturated carbocycles. The fraction of sp³-hybridized carbons (Fsp3) is 0.857. The number of rotatable bonds is 4. The molecule has 0 unspecified atom stereocenters. The number of likely N-dealkylation sites (N-methyl/N-ethyl adjacent to an activating group) is 2. The molecule has 0 aromatic heterocycles. The fourth-order valence-corrected chi connectivity index (χ4v) is 2.23. The lowest BCUT2D eigenvalue weighted by molar-refractivity contribution is -0.159. The van der Waals surface area contributed by atoms with Crippen molar-refractivity contribution in [2.45, 2.75) is 0 Å². The van der Waals surface area contributed by atoms with E-state index in [1.54, 1.807) is 25.3 Å². The maximum absolute atomic E-state index is 11.3. The van der Waals surface area contributed by atoms with Crippen LogP contribution >= 0.6 is 7.14 Å². The third kappa shape index (κ3) is 6.75. The molecule has 5 nitrogen and oxygen atoms in total. The van der Waals surface area contributed by atoms with E-state index in [0.717, 1.165) is 0 Å². The lowest BCUT2D eigenvalue weighted by atomic mass is 10.5. The van der Waals surface area contributed by atoms with Crippen LogP contribution in [0.5, 0.6) is 0 Å². The average Bonchev–Trinajstić information content (AvgIpc) is 1.81. The van der Waals surface area contributed by atoms with Crippen LogP contribution in [0.2, 0.25) is 0 Å². The van der Waals surface area contributed by atoms with Crippen molar-refractivity contribution in [1.29, 1.82) is 0 Å². The van der Waals surface area contributed by atoms with E-state index in [0.29, 0.717) is 11.3 Å². The number of hydroxylamine groups is 2. The van der Waals surface area contributed by atoms with Gasteiger partial charge in [0, 0.05) is 7.05 Å². The third-order valence-corrected chi connectivity index (χ3v) is 2.51. The minimum absolute atomic E-state index is 0.0820. The van der Waals surface area contributed by atoms with Crippen molar-refractivity contribution in [3.8, 4) is 0 Å². The van der Waals surface area contributed by atoms with Gasteiger partial charge in [-0.3, -0.25) is 14.9 Å². The topological polar surface area (TPSA) is 60.9 Å². The summed E-state index contributed by atoms with van der Waals surface area (Å²) < 4.78 is 11.3. The molecule has 0 aliphatic rings. The molecule has 0 rings (SSSR count). The summed E-state index contributed by atoms with van der Waals surface area (Å²) in [5.74, 6) is -0.407. The second-order valence-electron chi connectivity index (χ2n) is 3.65. The van der Waals surface area contributed by atoms with Gasteiger partial charge in [0.1, 0.15) is 0 Å². The van der Waals surface area contributed by atoms with E-state index >= 15 is 0 Å². The molecule has 0 aliphatic carbocycles. The zero-order chi connectivity index (χ0) is 10.6. The number of carbonyl (C=O) groups is 1. The Morgan fingerprint density at radius 1 is 1.38 bits per heavy atom. The van der Waals surface area contributed by atoms with Crippen molar-refractivity contribution in [2.75, 3.05) is 40.3 Å². The van der Waals surface area contributed by atoms with Crippen molar-refractivity contribution in [3.63, 3.8) is 0 Å². The molecule has 78 valence electrons. The zero-order valence-electron chi connectivity index (χ0n) is 8.52. The Morgan fingerprint density at radius 2 is 1.85 bits per heavy atom. The summed E-state index contributed by atoms with van der Waals surface area (Å²) in [5, 5.41) is 9.29. The summed E-state index contributed by atoms with van der Waals surface area (Å²) in [5.41, 5.74) is 0. The smallest absolute Gasteiger partial charge is 0.259 e. The predicted octanol–water partition coefficient (Wildman–Crippen LogP) is 0.346. The molecule has 0 heterocycles. The van der Waals surface area contributed by atoms with Crippen LogP contribution in [0.1, 0.15) is 0 Å². The molecule has 0 atom stereocenters. The first-order chi connectivity index (χ1) is 5.72. The first-order valence-electron chi connectivity index (χ1n) is 3.90. The molecule has 0 aromatic rings. The zero-order valence-corrected chi connectivity index (χ0v) is 9.41. The minimum atomic E-state index is -2.13. The van der Waals surface area contributed by atoms with Gasteiger partial charge in [-0.25, -0.2) is 5.06 Å². The molecular weight excluding hydrogens is 191 g/mol. The van der Waals surface area contributed by atoms with Crippen LogP contribution in [0.4, 0.5) is 0 Å². The van der Waals surface area contributed by atoms with Gasteiger partial charge >= 0.3 is 0 Å². The van der Waals surface area contributed by atoms with E-state index in [4.69, 9.17) is 5.21 Å². The molecule has 0 bridgehead atoms. The Hall–Kier alpha value is -0.380. The Balaban J connectivity index is 3.95. The second kappa shape index (κ2) is 4.74. The van der Waals surface area contributed by atoms with Crippen LogP contribution < -0.4 is 0 Å². The number of hydrogen-bond donors (Lipinski definition) is 1. The SMILES string of the molecule is CN(CC(=O)N(C)O)CP(C)(C)=O. The van der Waals surface area contributed by atoms with Gasteiger partial charge in [0.2, 0.25) is 0 Å². The third-order valence-electron chi connectivity index (χ3n) is 1.35. The molecule has 0 aromatic carbocycles. The number of amides is 1. The Labute approximate surface area is 78.6 Å². The molecule has 0 radical (unpaired) electrons. The van der Waals surface area contributed by atoms with Gasteiger partial charge < -0.3 is 4.57 Å². The van der Waals surface area contributed by atoms with Crippen LogP contribution in [-0.2, 0) is 9.36 Å². The molecule has 0 saturated heterocycles. The highest BCUT2D eigenvalue weighted by Gasteiger charge is 2.15. The monoisotopic (exact) mass is 208 g/mol. The second-order valence-corrected chi connectivity index (χ2v) is 7.08. The van der Waals surface area contributed by atoms with Gasteiger partial charge in [-0.1, -0.05) is 0 Å². The molecule has 0 spiro atoms. The summed E-state index contributed by atoms with van der Waals surface area (Å²) >= 11 is 0.